The van der Waals surface area contributed by atoms with E-state index in [9.17, 15) is 14.0 Å². The monoisotopic (exact) mass is 432 g/mol. The number of carbonyl (C=O) groups is 2. The lowest BCUT2D eigenvalue weighted by Gasteiger charge is -2.31. The molecular formula is C24H30ClFN2O2. The van der Waals surface area contributed by atoms with Crippen molar-refractivity contribution in [1.82, 2.24) is 10.2 Å². The Morgan fingerprint density at radius 1 is 1.10 bits per heavy atom. The lowest BCUT2D eigenvalue weighted by molar-refractivity contribution is -0.140. The zero-order valence-electron chi connectivity index (χ0n) is 17.8. The van der Waals surface area contributed by atoms with Crippen molar-refractivity contribution < 1.29 is 14.0 Å². The van der Waals surface area contributed by atoms with Crippen molar-refractivity contribution in [2.45, 2.75) is 46.1 Å². The summed E-state index contributed by atoms with van der Waals surface area (Å²) in [6.45, 7) is 6.80. The molecule has 0 heterocycles. The van der Waals surface area contributed by atoms with E-state index in [1.807, 2.05) is 51.1 Å². The first-order valence-electron chi connectivity index (χ1n) is 10.4. The summed E-state index contributed by atoms with van der Waals surface area (Å²) in [5.41, 5.74) is 1.22. The van der Waals surface area contributed by atoms with Gasteiger partial charge in [-0.25, -0.2) is 4.39 Å². The van der Waals surface area contributed by atoms with Gasteiger partial charge in [-0.15, -0.1) is 0 Å². The zero-order chi connectivity index (χ0) is 22.1. The van der Waals surface area contributed by atoms with Crippen LogP contribution >= 0.6 is 11.6 Å². The van der Waals surface area contributed by atoms with E-state index in [0.29, 0.717) is 31.8 Å². The fourth-order valence-electron chi connectivity index (χ4n) is 3.27. The van der Waals surface area contributed by atoms with E-state index in [-0.39, 0.29) is 28.8 Å². The summed E-state index contributed by atoms with van der Waals surface area (Å²) in [4.78, 5) is 27.6. The Morgan fingerprint density at radius 2 is 1.80 bits per heavy atom. The van der Waals surface area contributed by atoms with Crippen LogP contribution in [0.5, 0.6) is 0 Å². The van der Waals surface area contributed by atoms with Gasteiger partial charge in [0, 0.05) is 23.7 Å². The number of hydrogen-bond acceptors (Lipinski definition) is 2. The average molecular weight is 433 g/mol. The Morgan fingerprint density at radius 3 is 2.40 bits per heavy atom. The maximum absolute atomic E-state index is 14.2. The quantitative estimate of drug-likeness (QED) is 0.594. The third kappa shape index (κ3) is 6.84. The molecule has 162 valence electrons. The molecule has 6 heteroatoms. The highest BCUT2D eigenvalue weighted by Crippen LogP contribution is 2.21. The fraction of sp³-hybridized carbons (Fsp3) is 0.417. The second-order valence-electron chi connectivity index (χ2n) is 7.76. The van der Waals surface area contributed by atoms with E-state index in [1.54, 1.807) is 11.0 Å². The molecule has 2 rings (SSSR count). The Balaban J connectivity index is 2.24. The van der Waals surface area contributed by atoms with E-state index in [4.69, 9.17) is 11.6 Å². The molecule has 2 amide bonds. The zero-order valence-corrected chi connectivity index (χ0v) is 18.6. The van der Waals surface area contributed by atoms with E-state index >= 15 is 0 Å². The van der Waals surface area contributed by atoms with Crippen LogP contribution in [0.3, 0.4) is 0 Å². The molecule has 2 aromatic rings. The highest BCUT2D eigenvalue weighted by atomic mass is 35.5. The smallest absolute Gasteiger partial charge is 0.242 e. The lowest BCUT2D eigenvalue weighted by Crippen LogP contribution is -2.51. The fourth-order valence-corrected chi connectivity index (χ4v) is 3.50. The largest absolute Gasteiger partial charge is 0.354 e. The molecule has 0 aliphatic carbocycles. The molecular weight excluding hydrogens is 403 g/mol. The summed E-state index contributed by atoms with van der Waals surface area (Å²) in [5.74, 6) is -0.718. The first-order valence-corrected chi connectivity index (χ1v) is 10.7. The van der Waals surface area contributed by atoms with Crippen LogP contribution < -0.4 is 5.32 Å². The van der Waals surface area contributed by atoms with Gasteiger partial charge in [-0.2, -0.15) is 0 Å². The molecule has 0 saturated heterocycles. The predicted molar refractivity (Wildman–Crippen MR) is 119 cm³/mol. The predicted octanol–water partition coefficient (Wildman–Crippen LogP) is 4.64. The van der Waals surface area contributed by atoms with Gasteiger partial charge in [0.1, 0.15) is 11.9 Å². The second-order valence-corrected chi connectivity index (χ2v) is 8.17. The van der Waals surface area contributed by atoms with Gasteiger partial charge in [-0.1, -0.05) is 68.8 Å². The molecule has 0 saturated carbocycles. The second kappa shape index (κ2) is 11.7. The Labute approximate surface area is 183 Å². The van der Waals surface area contributed by atoms with Gasteiger partial charge in [0.15, 0.2) is 0 Å². The van der Waals surface area contributed by atoms with E-state index in [0.717, 1.165) is 5.56 Å². The van der Waals surface area contributed by atoms with E-state index in [2.05, 4.69) is 5.32 Å². The molecule has 2 aromatic carbocycles. The van der Waals surface area contributed by atoms with Gasteiger partial charge in [0.25, 0.3) is 0 Å². The minimum Gasteiger partial charge on any atom is -0.354 e. The molecule has 30 heavy (non-hydrogen) atoms. The normalized spacial score (nSPS) is 11.9. The first-order chi connectivity index (χ1) is 14.3. The number of benzene rings is 2. The van der Waals surface area contributed by atoms with Crippen molar-refractivity contribution in [3.05, 3.63) is 70.5 Å². The van der Waals surface area contributed by atoms with Crippen LogP contribution in [-0.4, -0.2) is 35.8 Å². The molecule has 4 nitrogen and oxygen atoms in total. The summed E-state index contributed by atoms with van der Waals surface area (Å²) in [7, 11) is 0. The summed E-state index contributed by atoms with van der Waals surface area (Å²) in [6, 6.07) is 13.5. The molecule has 0 fully saturated rings. The maximum atomic E-state index is 14.2. The summed E-state index contributed by atoms with van der Waals surface area (Å²) < 4.78 is 14.2. The molecule has 0 radical (unpaired) electrons. The van der Waals surface area contributed by atoms with Gasteiger partial charge < -0.3 is 10.2 Å². The molecule has 0 unspecified atom stereocenters. The van der Waals surface area contributed by atoms with Crippen molar-refractivity contribution >= 4 is 23.4 Å². The van der Waals surface area contributed by atoms with Gasteiger partial charge >= 0.3 is 0 Å². The molecule has 0 bridgehead atoms. The van der Waals surface area contributed by atoms with Crippen molar-refractivity contribution in [1.29, 1.82) is 0 Å². The molecule has 0 aromatic heterocycles. The number of nitrogens with one attached hydrogen (secondary N) is 1. The van der Waals surface area contributed by atoms with Crippen LogP contribution in [0.1, 0.15) is 38.3 Å². The number of halogens is 2. The van der Waals surface area contributed by atoms with Gasteiger partial charge in [0.2, 0.25) is 11.8 Å². The van der Waals surface area contributed by atoms with Crippen LogP contribution in [0.15, 0.2) is 48.5 Å². The third-order valence-electron chi connectivity index (χ3n) is 4.94. The number of carbonyl (C=O) groups excluding carboxylic acids is 2. The van der Waals surface area contributed by atoms with E-state index < -0.39 is 11.9 Å². The lowest BCUT2D eigenvalue weighted by atomic mass is 10.1. The third-order valence-corrected chi connectivity index (χ3v) is 5.30. The minimum absolute atomic E-state index is 0.159. The molecule has 1 N–H and O–H groups in total. The van der Waals surface area contributed by atoms with Crippen LogP contribution in [-0.2, 0) is 22.4 Å². The Kier molecular flexibility index (Phi) is 9.31. The number of nitrogens with zero attached hydrogens (tertiary/aromatic N) is 1. The van der Waals surface area contributed by atoms with Crippen molar-refractivity contribution in [2.24, 2.45) is 5.92 Å². The van der Waals surface area contributed by atoms with Gasteiger partial charge in [-0.3, -0.25) is 9.59 Å². The Bertz CT molecular complexity index is 822. The van der Waals surface area contributed by atoms with Gasteiger partial charge in [-0.05, 0) is 36.5 Å². The van der Waals surface area contributed by atoms with Crippen molar-refractivity contribution in [3.63, 3.8) is 0 Å². The summed E-state index contributed by atoms with van der Waals surface area (Å²) in [6.07, 6.45) is 0.884. The van der Waals surface area contributed by atoms with Crippen molar-refractivity contribution in [2.75, 3.05) is 13.1 Å². The molecule has 0 aliphatic heterocycles. The van der Waals surface area contributed by atoms with Gasteiger partial charge in [0.05, 0.1) is 6.42 Å². The van der Waals surface area contributed by atoms with Crippen LogP contribution in [0.2, 0.25) is 5.02 Å². The van der Waals surface area contributed by atoms with Crippen molar-refractivity contribution in [3.8, 4) is 0 Å². The maximum Gasteiger partial charge on any atom is 0.242 e. The molecule has 1 atom stereocenters. The highest BCUT2D eigenvalue weighted by molar-refractivity contribution is 6.31. The van der Waals surface area contributed by atoms with Crippen LogP contribution in [0.25, 0.3) is 0 Å². The first kappa shape index (κ1) is 23.9. The number of rotatable bonds is 10. The average Bonchev–Trinajstić information content (AvgIpc) is 2.72. The molecule has 0 aliphatic rings. The summed E-state index contributed by atoms with van der Waals surface area (Å²) >= 11 is 6.12. The summed E-state index contributed by atoms with van der Waals surface area (Å²) in [5, 5.41) is 3.13. The SMILES string of the molecule is CC[C@@H](C(=O)NCC(C)C)N(CCc1ccccc1)C(=O)Cc1c(F)cccc1Cl. The topological polar surface area (TPSA) is 49.4 Å². The Hall–Kier alpha value is -2.40. The van der Waals surface area contributed by atoms with E-state index in [1.165, 1.54) is 12.1 Å². The number of amides is 2. The standard InChI is InChI=1S/C24H30ClFN2O2/c1-4-22(24(30)27-16-17(2)3)28(14-13-18-9-6-5-7-10-18)23(29)15-19-20(25)11-8-12-21(19)26/h5-12,17,22H,4,13-16H2,1-3H3,(H,27,30)/t22-/m0/s1. The van der Waals surface area contributed by atoms with Crippen LogP contribution in [0.4, 0.5) is 4.39 Å². The number of hydrogen-bond donors (Lipinski definition) is 1. The minimum atomic E-state index is -0.620. The molecule has 0 spiro atoms. The van der Waals surface area contributed by atoms with Crippen LogP contribution in [0, 0.1) is 11.7 Å². The highest BCUT2D eigenvalue weighted by Gasteiger charge is 2.29.